The maximum absolute atomic E-state index is 11.9. The fourth-order valence-corrected chi connectivity index (χ4v) is 1.40. The number of rotatable bonds is 2. The summed E-state index contributed by atoms with van der Waals surface area (Å²) in [5, 5.41) is 0. The van der Waals surface area contributed by atoms with E-state index in [-0.39, 0.29) is 16.7 Å². The van der Waals surface area contributed by atoms with Crippen molar-refractivity contribution in [1.29, 1.82) is 0 Å². The largest absolute Gasteiger partial charge is 0.446 e. The molecule has 0 saturated carbocycles. The van der Waals surface area contributed by atoms with Crippen molar-refractivity contribution in [2.45, 2.75) is 17.3 Å². The predicted molar refractivity (Wildman–Crippen MR) is 47.4 cm³/mol. The summed E-state index contributed by atoms with van der Waals surface area (Å²) in [4.78, 5) is 0.220. The van der Waals surface area contributed by atoms with Gasteiger partial charge in [0.1, 0.15) is 0 Å². The lowest BCUT2D eigenvalue weighted by Crippen LogP contribution is -1.98. The maximum atomic E-state index is 11.9. The summed E-state index contributed by atoms with van der Waals surface area (Å²) in [6.45, 7) is 1.84. The fraction of sp³-hybridized carbons (Fsp3) is 0.222. The van der Waals surface area contributed by atoms with E-state index in [4.69, 9.17) is 0 Å². The molecule has 0 spiro atoms. The first-order valence-corrected chi connectivity index (χ1v) is 4.48. The van der Waals surface area contributed by atoms with E-state index in [2.05, 4.69) is 0 Å². The van der Waals surface area contributed by atoms with Gasteiger partial charge in [-0.15, -0.1) is 0 Å². The van der Waals surface area contributed by atoms with Crippen LogP contribution in [0.3, 0.4) is 0 Å². The van der Waals surface area contributed by atoms with Gasteiger partial charge in [0.2, 0.25) is 0 Å². The Morgan fingerprint density at radius 1 is 1.15 bits per heavy atom. The Hall–Kier alpha value is -0.640. The molecule has 1 aromatic carbocycles. The molecule has 0 saturated heterocycles. The van der Waals surface area contributed by atoms with E-state index in [1.165, 1.54) is 12.1 Å². The lowest BCUT2D eigenvalue weighted by molar-refractivity contribution is -0.0328. The zero-order valence-corrected chi connectivity index (χ0v) is 7.75. The summed E-state index contributed by atoms with van der Waals surface area (Å²) in [6.07, 6.45) is 1.84. The van der Waals surface area contributed by atoms with Crippen LogP contribution in [0.2, 0.25) is 0 Å². The molecule has 1 radical (unpaired) electrons. The highest BCUT2D eigenvalue weighted by Crippen LogP contribution is 2.36. The molecule has 0 fully saturated rings. The number of hydrogen-bond acceptors (Lipinski definition) is 1. The van der Waals surface area contributed by atoms with Crippen molar-refractivity contribution >= 4 is 11.8 Å². The summed E-state index contributed by atoms with van der Waals surface area (Å²) >= 11 is -0.0940. The average molecular weight is 205 g/mol. The van der Waals surface area contributed by atoms with Crippen molar-refractivity contribution in [1.82, 2.24) is 0 Å². The van der Waals surface area contributed by atoms with Crippen molar-refractivity contribution in [3.63, 3.8) is 0 Å². The fourth-order valence-electron chi connectivity index (χ4n) is 0.862. The average Bonchev–Trinajstić information content (AvgIpc) is 2.03. The van der Waals surface area contributed by atoms with Crippen molar-refractivity contribution in [3.8, 4) is 0 Å². The van der Waals surface area contributed by atoms with Gasteiger partial charge in [-0.1, -0.05) is 19.1 Å². The number of halogens is 3. The molecule has 0 nitrogen and oxygen atoms in total. The third-order valence-electron chi connectivity index (χ3n) is 1.45. The van der Waals surface area contributed by atoms with Gasteiger partial charge in [0.05, 0.1) is 0 Å². The lowest BCUT2D eigenvalue weighted by Gasteiger charge is -2.05. The summed E-state index contributed by atoms with van der Waals surface area (Å²) < 4.78 is 35.6. The second-order valence-corrected chi connectivity index (χ2v) is 3.54. The Morgan fingerprint density at radius 3 is 2.08 bits per heavy atom. The summed E-state index contributed by atoms with van der Waals surface area (Å²) in [5.74, 6) is 0. The summed E-state index contributed by atoms with van der Waals surface area (Å²) in [7, 11) is 0. The van der Waals surface area contributed by atoms with Crippen molar-refractivity contribution in [2.24, 2.45) is 0 Å². The molecule has 0 aromatic heterocycles. The van der Waals surface area contributed by atoms with Gasteiger partial charge < -0.3 is 0 Å². The van der Waals surface area contributed by atoms with Crippen LogP contribution in [-0.4, -0.2) is 5.51 Å². The lowest BCUT2D eigenvalue weighted by atomic mass is 10.2. The van der Waals surface area contributed by atoms with E-state index >= 15 is 0 Å². The molecule has 71 valence electrons. The van der Waals surface area contributed by atoms with Gasteiger partial charge in [0.15, 0.2) is 0 Å². The quantitative estimate of drug-likeness (QED) is 0.660. The van der Waals surface area contributed by atoms with Crippen molar-refractivity contribution in [3.05, 3.63) is 36.2 Å². The molecule has 0 N–H and O–H groups in total. The number of benzene rings is 1. The smallest absolute Gasteiger partial charge is 0.160 e. The Labute approximate surface area is 79.1 Å². The van der Waals surface area contributed by atoms with Gasteiger partial charge in [0.25, 0.3) is 0 Å². The minimum atomic E-state index is -4.20. The van der Waals surface area contributed by atoms with Crippen molar-refractivity contribution < 1.29 is 13.2 Å². The van der Waals surface area contributed by atoms with Crippen LogP contribution in [0.25, 0.3) is 0 Å². The maximum Gasteiger partial charge on any atom is 0.446 e. The van der Waals surface area contributed by atoms with Gasteiger partial charge >= 0.3 is 5.51 Å². The SMILES string of the molecule is C[CH]c1ccc(SC(F)(F)F)cc1. The Bertz CT molecular complexity index is 263. The van der Waals surface area contributed by atoms with Crippen LogP contribution in [0.4, 0.5) is 13.2 Å². The molecule has 0 bridgehead atoms. The highest BCUT2D eigenvalue weighted by Gasteiger charge is 2.28. The Balaban J connectivity index is 2.70. The van der Waals surface area contributed by atoms with Gasteiger partial charge in [-0.3, -0.25) is 0 Å². The number of alkyl halides is 3. The minimum absolute atomic E-state index is 0.0940. The van der Waals surface area contributed by atoms with E-state index in [0.717, 1.165) is 5.56 Å². The molecule has 0 aliphatic carbocycles. The second kappa shape index (κ2) is 4.05. The van der Waals surface area contributed by atoms with Crippen LogP contribution >= 0.6 is 11.8 Å². The summed E-state index contributed by atoms with van der Waals surface area (Å²) in [6, 6.07) is 6.25. The third-order valence-corrected chi connectivity index (χ3v) is 2.19. The molecule has 1 rings (SSSR count). The van der Waals surface area contributed by atoms with Gasteiger partial charge in [-0.25, -0.2) is 0 Å². The molecule has 0 amide bonds. The van der Waals surface area contributed by atoms with E-state index in [9.17, 15) is 13.2 Å². The number of thioether (sulfide) groups is 1. The third kappa shape index (κ3) is 3.72. The first-order chi connectivity index (χ1) is 6.01. The zero-order valence-electron chi connectivity index (χ0n) is 6.93. The predicted octanol–water partition coefficient (Wildman–Crippen LogP) is 3.87. The van der Waals surface area contributed by atoms with Crippen LogP contribution in [0.15, 0.2) is 29.2 Å². The topological polar surface area (TPSA) is 0 Å². The second-order valence-electron chi connectivity index (χ2n) is 2.41. The van der Waals surface area contributed by atoms with Crippen LogP contribution in [0, 0.1) is 6.42 Å². The zero-order chi connectivity index (χ0) is 9.90. The summed E-state index contributed by atoms with van der Waals surface area (Å²) in [5.41, 5.74) is -3.27. The van der Waals surface area contributed by atoms with Crippen LogP contribution in [-0.2, 0) is 0 Å². The van der Waals surface area contributed by atoms with E-state index < -0.39 is 5.51 Å². The molecule has 0 heterocycles. The molecular formula is C9H8F3S. The van der Waals surface area contributed by atoms with E-state index in [1.807, 2.05) is 13.3 Å². The highest BCUT2D eigenvalue weighted by molar-refractivity contribution is 8.00. The molecule has 4 heteroatoms. The highest BCUT2D eigenvalue weighted by atomic mass is 32.2. The normalized spacial score (nSPS) is 11.7. The molecular weight excluding hydrogens is 197 g/mol. The first kappa shape index (κ1) is 10.4. The van der Waals surface area contributed by atoms with E-state index in [0.29, 0.717) is 0 Å². The molecule has 1 aromatic rings. The molecule has 0 atom stereocenters. The standard InChI is InChI=1S/C9H8F3S/c1-2-7-3-5-8(6-4-7)13-9(10,11)12/h2-6H,1H3. The van der Waals surface area contributed by atoms with E-state index in [1.54, 1.807) is 12.1 Å². The van der Waals surface area contributed by atoms with Crippen molar-refractivity contribution in [2.75, 3.05) is 0 Å². The van der Waals surface area contributed by atoms with Crippen LogP contribution in [0.5, 0.6) is 0 Å². The monoisotopic (exact) mass is 205 g/mol. The van der Waals surface area contributed by atoms with Gasteiger partial charge in [-0.2, -0.15) is 13.2 Å². The molecule has 0 aliphatic rings. The van der Waals surface area contributed by atoms with Crippen LogP contribution in [0.1, 0.15) is 12.5 Å². The first-order valence-electron chi connectivity index (χ1n) is 3.66. The Kier molecular flexibility index (Phi) is 3.25. The minimum Gasteiger partial charge on any atom is -0.160 e. The van der Waals surface area contributed by atoms with Gasteiger partial charge in [-0.05, 0) is 35.9 Å². The Morgan fingerprint density at radius 2 is 1.69 bits per heavy atom. The molecule has 0 aliphatic heterocycles. The molecule has 13 heavy (non-hydrogen) atoms. The van der Waals surface area contributed by atoms with Gasteiger partial charge in [0, 0.05) is 4.90 Å². The number of hydrogen-bond donors (Lipinski definition) is 0. The molecule has 0 unspecified atom stereocenters. The van der Waals surface area contributed by atoms with Crippen LogP contribution < -0.4 is 0 Å².